The van der Waals surface area contributed by atoms with E-state index in [-0.39, 0.29) is 37.0 Å². The third-order valence-electron chi connectivity index (χ3n) is 5.21. The van der Waals surface area contributed by atoms with Gasteiger partial charge in [-0.25, -0.2) is 0 Å². The van der Waals surface area contributed by atoms with Crippen molar-refractivity contribution in [3.8, 4) is 0 Å². The molecule has 2 N–H and O–H groups in total. The molecule has 2 unspecified atom stereocenters. The smallest absolute Gasteiger partial charge is 0.550 e. The molecule has 3 rings (SSSR count). The minimum absolute atomic E-state index is 0. The molecule has 2 heterocycles. The van der Waals surface area contributed by atoms with Crippen LogP contribution in [0.4, 0.5) is 0 Å². The number of ether oxygens (including phenoxy) is 2. The van der Waals surface area contributed by atoms with Crippen LogP contribution in [0.25, 0.3) is 0 Å². The van der Waals surface area contributed by atoms with Crippen LogP contribution in [0.1, 0.15) is 65.5 Å². The molecule has 10 heteroatoms. The summed E-state index contributed by atoms with van der Waals surface area (Å²) in [6.07, 6.45) is 2.21. The zero-order valence-electron chi connectivity index (χ0n) is 20.5. The van der Waals surface area contributed by atoms with Crippen LogP contribution < -0.4 is 10.2 Å². The predicted molar refractivity (Wildman–Crippen MR) is 122 cm³/mol. The monoisotopic (exact) mass is 566 g/mol. The number of carboxylic acids is 2. The molecule has 0 radical (unpaired) electrons. The number of carbonyl (C=O) groups is 2. The van der Waals surface area contributed by atoms with Crippen LogP contribution in [0, 0.1) is 17.9 Å². The number of carboxylic acid groups (broad SMARTS) is 2. The van der Waals surface area contributed by atoms with Crippen molar-refractivity contribution in [2.75, 3.05) is 13.2 Å². The summed E-state index contributed by atoms with van der Waals surface area (Å²) in [5.74, 6) is 0.285. The van der Waals surface area contributed by atoms with Crippen molar-refractivity contribution in [1.29, 1.82) is 0 Å². The Morgan fingerprint density at radius 2 is 1.26 bits per heavy atom. The van der Waals surface area contributed by atoms with Crippen molar-refractivity contribution < 1.29 is 54.2 Å². The minimum Gasteiger partial charge on any atom is -0.550 e. The van der Waals surface area contributed by atoms with E-state index in [9.17, 15) is 0 Å². The standard InChI is InChI=1S/C20H27N2O2.2C2H4O2.H2O.Rh/c1-5-13(3)17-11-23-19(21-17)15-8-7-9-16(10-15)20-22-18(12-24-20)14(4)6-2;2*1-2(3)4;;/h7-9,13-14,17-18H,5-6,11-12H2,1-4H3;2*1H3,(H,3,4);1H2;/q-1;;;;+3/p-2/t13?,14?,17-,18-;;;;/m1..../s1. The summed E-state index contributed by atoms with van der Waals surface area (Å²) in [5, 5.41) is 17.8. The first-order valence-electron chi connectivity index (χ1n) is 10.9. The summed E-state index contributed by atoms with van der Waals surface area (Å²) in [7, 11) is 0. The fourth-order valence-corrected chi connectivity index (χ4v) is 2.92. The van der Waals surface area contributed by atoms with Crippen molar-refractivity contribution in [1.82, 2.24) is 0 Å². The largest absolute Gasteiger partial charge is 3.00 e. The van der Waals surface area contributed by atoms with Gasteiger partial charge in [0.25, 0.3) is 0 Å². The van der Waals surface area contributed by atoms with Crippen LogP contribution in [-0.2, 0) is 38.5 Å². The van der Waals surface area contributed by atoms with Gasteiger partial charge in [-0.15, -0.1) is 24.3 Å². The number of nitrogens with zero attached hydrogens (tertiary/aromatic N) is 2. The number of hydrogen-bond donors (Lipinski definition) is 0. The third kappa shape index (κ3) is 11.7. The molecule has 2 aliphatic heterocycles. The first-order valence-corrected chi connectivity index (χ1v) is 10.9. The predicted octanol–water partition coefficient (Wildman–Crippen LogP) is 0.555. The summed E-state index contributed by atoms with van der Waals surface area (Å²) in [6.45, 7) is 12.1. The molecular formula is C24H35N2O7Rh. The Labute approximate surface area is 214 Å². The average molecular weight is 566 g/mol. The Kier molecular flexibility index (Phi) is 17.1. The summed E-state index contributed by atoms with van der Waals surface area (Å²) in [4.78, 5) is 27.2. The Morgan fingerprint density at radius 3 is 1.56 bits per heavy atom. The van der Waals surface area contributed by atoms with Crippen LogP contribution in [0.3, 0.4) is 0 Å². The molecule has 9 nitrogen and oxygen atoms in total. The second-order valence-corrected chi connectivity index (χ2v) is 7.86. The number of hydrogen-bond acceptors (Lipinski definition) is 8. The minimum atomic E-state index is -1.08. The van der Waals surface area contributed by atoms with Crippen molar-refractivity contribution in [2.24, 2.45) is 21.8 Å². The summed E-state index contributed by atoms with van der Waals surface area (Å²) in [5.41, 5.74) is 1.77. The van der Waals surface area contributed by atoms with Gasteiger partial charge in [0.1, 0.15) is 25.0 Å². The maximum Gasteiger partial charge on any atom is 3.00 e. The van der Waals surface area contributed by atoms with E-state index in [1.807, 2.05) is 18.2 Å². The van der Waals surface area contributed by atoms with Crippen molar-refractivity contribution in [3.05, 3.63) is 35.4 Å². The molecule has 0 aliphatic carbocycles. The normalized spacial score (nSPS) is 19.5. The molecule has 0 amide bonds. The van der Waals surface area contributed by atoms with E-state index in [1.165, 1.54) is 0 Å². The first kappa shape index (κ1) is 33.9. The van der Waals surface area contributed by atoms with Crippen molar-refractivity contribution in [2.45, 2.75) is 66.5 Å². The van der Waals surface area contributed by atoms with Gasteiger partial charge in [0.2, 0.25) is 0 Å². The van der Waals surface area contributed by atoms with Crippen LogP contribution in [0.15, 0.2) is 28.2 Å². The molecule has 1 aromatic carbocycles. The molecule has 0 saturated heterocycles. The van der Waals surface area contributed by atoms with Gasteiger partial charge < -0.3 is 34.8 Å². The van der Waals surface area contributed by atoms with Crippen LogP contribution in [0.2, 0.25) is 0 Å². The molecular weight excluding hydrogens is 531 g/mol. The van der Waals surface area contributed by atoms with Gasteiger partial charge in [-0.1, -0.05) is 51.7 Å². The topological polar surface area (TPSA) is 155 Å². The van der Waals surface area contributed by atoms with Gasteiger partial charge in [-0.3, -0.25) is 9.98 Å². The average Bonchev–Trinajstić information content (AvgIpc) is 3.42. The van der Waals surface area contributed by atoms with E-state index in [0.717, 1.165) is 37.8 Å². The van der Waals surface area contributed by atoms with Gasteiger partial charge in [0.15, 0.2) is 0 Å². The Balaban J connectivity index is 0. The molecule has 192 valence electrons. The third-order valence-corrected chi connectivity index (χ3v) is 5.21. The molecule has 34 heavy (non-hydrogen) atoms. The van der Waals surface area contributed by atoms with Crippen LogP contribution in [-0.4, -0.2) is 54.5 Å². The fourth-order valence-electron chi connectivity index (χ4n) is 2.92. The number of aliphatic carboxylic acids is 2. The van der Waals surface area contributed by atoms with Gasteiger partial charge in [0.05, 0.1) is 12.1 Å². The molecule has 0 fully saturated rings. The van der Waals surface area contributed by atoms with Gasteiger partial charge in [-0.05, 0) is 25.7 Å². The Bertz CT molecular complexity index is 758. The molecule has 4 atom stereocenters. The number of carbonyl (C=O) groups excluding carboxylic acids is 2. The van der Waals surface area contributed by atoms with Crippen molar-refractivity contribution >= 4 is 23.7 Å². The number of benzene rings is 1. The summed E-state index contributed by atoms with van der Waals surface area (Å²) in [6, 6.07) is 9.84. The fraction of sp³-hybridized carbons (Fsp3) is 0.583. The quantitative estimate of drug-likeness (QED) is 0.362. The van der Waals surface area contributed by atoms with E-state index in [2.05, 4.69) is 33.8 Å². The zero-order chi connectivity index (χ0) is 24.3. The van der Waals surface area contributed by atoms with E-state index in [4.69, 9.17) is 39.3 Å². The van der Waals surface area contributed by atoms with Crippen LogP contribution in [0.5, 0.6) is 0 Å². The van der Waals surface area contributed by atoms with Gasteiger partial charge >= 0.3 is 19.5 Å². The zero-order valence-corrected chi connectivity index (χ0v) is 22.2. The first-order chi connectivity index (χ1) is 15.1. The van der Waals surface area contributed by atoms with E-state index in [0.29, 0.717) is 36.8 Å². The molecule has 0 saturated carbocycles. The SMILES string of the molecule is CC(=O)[O-].CC(=O)[O-].CCC(C)[C@H]1COC(c2[c-]c(C3=N[C@@H](C(C)CC)CO3)ccc2)=N1.O.[Rh+3]. The molecule has 0 aromatic heterocycles. The van der Waals surface area contributed by atoms with E-state index >= 15 is 0 Å². The Hall–Kier alpha value is -2.32. The molecule has 0 spiro atoms. The molecule has 0 bridgehead atoms. The van der Waals surface area contributed by atoms with Crippen molar-refractivity contribution in [3.63, 3.8) is 0 Å². The summed E-state index contributed by atoms with van der Waals surface area (Å²) >= 11 is 0. The summed E-state index contributed by atoms with van der Waals surface area (Å²) < 4.78 is 11.6. The molecule has 1 aromatic rings. The van der Waals surface area contributed by atoms with E-state index in [1.54, 1.807) is 0 Å². The molecule has 2 aliphatic rings. The second kappa shape index (κ2) is 17.2. The number of rotatable bonds is 6. The Morgan fingerprint density at radius 1 is 0.941 bits per heavy atom. The van der Waals surface area contributed by atoms with Gasteiger partial charge in [-0.2, -0.15) is 0 Å². The maximum atomic E-state index is 8.89. The van der Waals surface area contributed by atoms with Gasteiger partial charge in [0, 0.05) is 11.9 Å². The second-order valence-electron chi connectivity index (χ2n) is 7.86. The maximum absolute atomic E-state index is 8.89. The van der Waals surface area contributed by atoms with Crippen LogP contribution >= 0.6 is 0 Å². The number of aliphatic imine (C=N–C) groups is 2. The van der Waals surface area contributed by atoms with E-state index < -0.39 is 11.9 Å².